The zero-order valence-electron chi connectivity index (χ0n) is 25.4. The number of rotatable bonds is 11. The van der Waals surface area contributed by atoms with Gasteiger partial charge >= 0.3 is 11.9 Å². The number of nitrogens with zero attached hydrogens (tertiary/aromatic N) is 4. The van der Waals surface area contributed by atoms with Crippen molar-refractivity contribution in [3.63, 3.8) is 0 Å². The van der Waals surface area contributed by atoms with Crippen LogP contribution in [0.2, 0.25) is 0 Å². The first kappa shape index (κ1) is 32.5. The van der Waals surface area contributed by atoms with Crippen LogP contribution in [-0.2, 0) is 38.2 Å². The summed E-state index contributed by atoms with van der Waals surface area (Å²) in [5.74, 6) is -4.25. The van der Waals surface area contributed by atoms with Crippen LogP contribution in [0.3, 0.4) is 0 Å². The topological polar surface area (TPSA) is 134 Å². The molecule has 4 amide bonds. The average molecular weight is 607 g/mol. The van der Waals surface area contributed by atoms with E-state index < -0.39 is 60.9 Å². The molecule has 2 saturated heterocycles. The monoisotopic (exact) mass is 606 g/mol. The highest BCUT2D eigenvalue weighted by Gasteiger charge is 2.40. The van der Waals surface area contributed by atoms with Gasteiger partial charge in [0.25, 0.3) is 0 Å². The summed E-state index contributed by atoms with van der Waals surface area (Å²) in [7, 11) is 0. The molecule has 2 aliphatic rings. The van der Waals surface area contributed by atoms with Gasteiger partial charge < -0.3 is 9.47 Å². The first-order valence-electron chi connectivity index (χ1n) is 14.6. The van der Waals surface area contributed by atoms with Crippen LogP contribution in [0.25, 0.3) is 0 Å². The fourth-order valence-electron chi connectivity index (χ4n) is 5.16. The summed E-state index contributed by atoms with van der Waals surface area (Å²) in [4.78, 5) is 81.8. The lowest BCUT2D eigenvalue weighted by Crippen LogP contribution is -2.63. The van der Waals surface area contributed by atoms with Crippen LogP contribution in [0, 0.1) is 0 Å². The van der Waals surface area contributed by atoms with Gasteiger partial charge in [0.1, 0.15) is 0 Å². The minimum atomic E-state index is -0.556. The number of hydrogen-bond acceptors (Lipinski definition) is 10. The van der Waals surface area contributed by atoms with Crippen molar-refractivity contribution < 1.29 is 38.2 Å². The molecule has 4 atom stereocenters. The molecule has 0 aliphatic carbocycles. The molecule has 4 rings (SSSR count). The summed E-state index contributed by atoms with van der Waals surface area (Å²) in [6.07, 6.45) is 0. The van der Waals surface area contributed by atoms with Gasteiger partial charge in [-0.1, -0.05) is 60.7 Å². The molecule has 234 valence electrons. The Morgan fingerprint density at radius 2 is 0.864 bits per heavy atom. The van der Waals surface area contributed by atoms with E-state index in [0.29, 0.717) is 0 Å². The summed E-state index contributed by atoms with van der Waals surface area (Å²) in [5.41, 5.74) is 1.53. The lowest BCUT2D eigenvalue weighted by atomic mass is 10.0. The van der Waals surface area contributed by atoms with Gasteiger partial charge in [-0.15, -0.1) is 0 Å². The first-order valence-corrected chi connectivity index (χ1v) is 14.6. The van der Waals surface area contributed by atoms with E-state index in [0.717, 1.165) is 20.9 Å². The van der Waals surface area contributed by atoms with Crippen molar-refractivity contribution in [3.8, 4) is 0 Å². The molecule has 0 saturated carbocycles. The molecule has 44 heavy (non-hydrogen) atoms. The molecule has 2 heterocycles. The predicted octanol–water partition coefficient (Wildman–Crippen LogP) is 1.71. The first-order chi connectivity index (χ1) is 21.0. The minimum Gasteiger partial charge on any atom is -0.443 e. The maximum absolute atomic E-state index is 12.9. The van der Waals surface area contributed by atoms with E-state index in [1.165, 1.54) is 0 Å². The van der Waals surface area contributed by atoms with Gasteiger partial charge in [-0.25, -0.2) is 9.80 Å². The maximum Gasteiger partial charge on any atom is 0.314 e. The van der Waals surface area contributed by atoms with Gasteiger partial charge in [-0.2, -0.15) is 0 Å². The molecule has 2 aromatic carbocycles. The number of imide groups is 2. The number of carbonyl (C=O) groups is 6. The second-order valence-electron chi connectivity index (χ2n) is 11.2. The molecule has 0 aromatic heterocycles. The Morgan fingerprint density at radius 3 is 1.16 bits per heavy atom. The standard InChI is InChI=1S/C32H38N4O8/c1-21(25-11-7-5-8-12-25)31(41)43-19-35-27(37)15-33(16-28(35)38)23(3)24(4)34-17-29(39)36(30(40)18-34)20-44-32(42)22(2)26-13-9-6-10-14-26/h5-14,21-24H,15-20H2,1-4H3. The lowest BCUT2D eigenvalue weighted by molar-refractivity contribution is -0.169. The molecule has 2 aliphatic heterocycles. The molecule has 0 radical (unpaired) electrons. The van der Waals surface area contributed by atoms with Gasteiger partial charge in [0.2, 0.25) is 23.6 Å². The fourth-order valence-corrected chi connectivity index (χ4v) is 5.16. The van der Waals surface area contributed by atoms with Gasteiger partial charge in [0.15, 0.2) is 13.5 Å². The quantitative estimate of drug-likeness (QED) is 0.275. The van der Waals surface area contributed by atoms with Crippen molar-refractivity contribution in [2.24, 2.45) is 0 Å². The molecule has 12 heteroatoms. The summed E-state index contributed by atoms with van der Waals surface area (Å²) in [6.45, 7) is 5.69. The molecule has 0 bridgehead atoms. The van der Waals surface area contributed by atoms with Crippen LogP contribution in [-0.4, -0.2) is 107 Å². The predicted molar refractivity (Wildman–Crippen MR) is 157 cm³/mol. The number of hydrogen-bond donors (Lipinski definition) is 0. The minimum absolute atomic E-state index is 0.0968. The Hall–Kier alpha value is -4.42. The third kappa shape index (κ3) is 7.56. The number of ether oxygens (including phenoxy) is 2. The van der Waals surface area contributed by atoms with Crippen LogP contribution in [0.5, 0.6) is 0 Å². The highest BCUT2D eigenvalue weighted by atomic mass is 16.6. The summed E-state index contributed by atoms with van der Waals surface area (Å²) >= 11 is 0. The normalized spacial score (nSPS) is 19.4. The molecular formula is C32H38N4O8. The van der Waals surface area contributed by atoms with Gasteiger partial charge in [-0.05, 0) is 38.8 Å². The van der Waals surface area contributed by atoms with Gasteiger partial charge in [0, 0.05) is 12.1 Å². The molecule has 2 fully saturated rings. The van der Waals surface area contributed by atoms with E-state index in [2.05, 4.69) is 0 Å². The zero-order valence-corrected chi connectivity index (χ0v) is 25.4. The van der Waals surface area contributed by atoms with E-state index >= 15 is 0 Å². The van der Waals surface area contributed by atoms with Crippen molar-refractivity contribution >= 4 is 35.6 Å². The molecule has 4 unspecified atom stereocenters. The highest BCUT2D eigenvalue weighted by molar-refractivity contribution is 6.00. The van der Waals surface area contributed by atoms with E-state index in [9.17, 15) is 28.8 Å². The molecule has 12 nitrogen and oxygen atoms in total. The third-order valence-corrected chi connectivity index (χ3v) is 8.39. The van der Waals surface area contributed by atoms with Crippen LogP contribution >= 0.6 is 0 Å². The van der Waals surface area contributed by atoms with Crippen molar-refractivity contribution in [2.45, 2.75) is 51.6 Å². The van der Waals surface area contributed by atoms with Gasteiger partial charge in [-0.3, -0.25) is 38.6 Å². The number of carbonyl (C=O) groups excluding carboxylic acids is 6. The largest absolute Gasteiger partial charge is 0.443 e. The Morgan fingerprint density at radius 1 is 0.568 bits per heavy atom. The molecular weight excluding hydrogens is 568 g/mol. The van der Waals surface area contributed by atoms with E-state index in [4.69, 9.17) is 9.47 Å². The van der Waals surface area contributed by atoms with E-state index in [1.54, 1.807) is 47.9 Å². The third-order valence-electron chi connectivity index (χ3n) is 8.39. The summed E-state index contributed by atoms with van der Waals surface area (Å²) in [6, 6.07) is 17.4. The smallest absolute Gasteiger partial charge is 0.314 e. The summed E-state index contributed by atoms with van der Waals surface area (Å²) < 4.78 is 10.6. The zero-order chi connectivity index (χ0) is 32.0. The Kier molecular flexibility index (Phi) is 10.6. The van der Waals surface area contributed by atoms with E-state index in [-0.39, 0.29) is 38.3 Å². The lowest BCUT2D eigenvalue weighted by Gasteiger charge is -2.43. The number of esters is 2. The Balaban J connectivity index is 1.26. The SMILES string of the molecule is CC(C(=O)OCN1C(=O)CN(C(C)C(C)N2CC(=O)N(COC(=O)C(C)c3ccccc3)C(=O)C2)CC1=O)c1ccccc1. The van der Waals surface area contributed by atoms with Crippen molar-refractivity contribution in [2.75, 3.05) is 39.6 Å². The molecule has 2 aromatic rings. The summed E-state index contributed by atoms with van der Waals surface area (Å²) in [5, 5.41) is 0. The second kappa shape index (κ2) is 14.4. The van der Waals surface area contributed by atoms with Crippen LogP contribution in [0.4, 0.5) is 0 Å². The van der Waals surface area contributed by atoms with Gasteiger partial charge in [0.05, 0.1) is 38.0 Å². The number of amides is 4. The van der Waals surface area contributed by atoms with E-state index in [1.807, 2.05) is 50.2 Å². The van der Waals surface area contributed by atoms with Crippen molar-refractivity contribution in [1.82, 2.24) is 19.6 Å². The molecule has 0 spiro atoms. The van der Waals surface area contributed by atoms with Crippen LogP contribution in [0.15, 0.2) is 60.7 Å². The van der Waals surface area contributed by atoms with Crippen LogP contribution < -0.4 is 0 Å². The Bertz CT molecular complexity index is 1240. The average Bonchev–Trinajstić information content (AvgIpc) is 3.02. The molecule has 0 N–H and O–H groups in total. The number of piperazine rings is 2. The fraction of sp³-hybridized carbons (Fsp3) is 0.438. The Labute approximate surface area is 256 Å². The second-order valence-corrected chi connectivity index (χ2v) is 11.2. The maximum atomic E-state index is 12.9. The highest BCUT2D eigenvalue weighted by Crippen LogP contribution is 2.21. The number of benzene rings is 2. The van der Waals surface area contributed by atoms with Crippen LogP contribution in [0.1, 0.15) is 50.7 Å². The van der Waals surface area contributed by atoms with Crippen molar-refractivity contribution in [3.05, 3.63) is 71.8 Å². The van der Waals surface area contributed by atoms with Crippen molar-refractivity contribution in [1.29, 1.82) is 0 Å².